The number of amides is 5. The van der Waals surface area contributed by atoms with Gasteiger partial charge in [-0.2, -0.15) is 0 Å². The third-order valence-electron chi connectivity index (χ3n) is 11.2. The highest BCUT2D eigenvalue weighted by molar-refractivity contribution is 6.30. The number of benzene rings is 1. The first kappa shape index (κ1) is 51.6. The van der Waals surface area contributed by atoms with E-state index in [1.807, 2.05) is 34.6 Å². The molecular formula is C44H68ClN5O10. The van der Waals surface area contributed by atoms with Crippen molar-refractivity contribution in [3.05, 3.63) is 46.5 Å². The van der Waals surface area contributed by atoms with Crippen LogP contribution in [0.2, 0.25) is 5.02 Å². The molecule has 2 unspecified atom stereocenters. The molecule has 0 radical (unpaired) electrons. The lowest BCUT2D eigenvalue weighted by Gasteiger charge is -2.33. The van der Waals surface area contributed by atoms with Crippen molar-refractivity contribution in [1.82, 2.24) is 25.8 Å². The Bertz CT molecular complexity index is 1690. The number of hydrogen-bond donors (Lipinski definition) is 4. The molecule has 60 heavy (non-hydrogen) atoms. The van der Waals surface area contributed by atoms with E-state index in [1.165, 1.54) is 45.8 Å². The van der Waals surface area contributed by atoms with Crippen molar-refractivity contribution in [3.8, 4) is 0 Å². The molecule has 16 heteroatoms. The smallest absolute Gasteiger partial charge is 0.334 e. The molecule has 2 rings (SSSR count). The number of esters is 2. The summed E-state index contributed by atoms with van der Waals surface area (Å²) in [5, 5.41) is 19.8. The second kappa shape index (κ2) is 24.1. The molecule has 0 aliphatic carbocycles. The summed E-state index contributed by atoms with van der Waals surface area (Å²) in [7, 11) is 2.82. The molecule has 10 atom stereocenters. The number of halogens is 1. The Morgan fingerprint density at radius 1 is 0.817 bits per heavy atom. The summed E-state index contributed by atoms with van der Waals surface area (Å²) in [6.45, 7) is 16.8. The summed E-state index contributed by atoms with van der Waals surface area (Å²) in [5.74, 6) is -5.99. The Morgan fingerprint density at radius 3 is 1.97 bits per heavy atom. The molecule has 5 amide bonds. The van der Waals surface area contributed by atoms with Gasteiger partial charge in [-0.25, -0.2) is 9.59 Å². The second-order valence-electron chi connectivity index (χ2n) is 16.7. The molecule has 0 fully saturated rings. The van der Waals surface area contributed by atoms with Gasteiger partial charge in [0.05, 0.1) is 12.6 Å². The first-order valence-electron chi connectivity index (χ1n) is 20.9. The van der Waals surface area contributed by atoms with E-state index in [0.29, 0.717) is 23.4 Å². The SMILES string of the molecule is CCC(C)C1NC(=O)CN(C)C(=O)[C@@H](Cc2ccc(Cl)cc2)N(C)C(=O)[C@H](C)NC(=O)[C@@H](CC(C)C)OC(=O)/C(C)=C/C[C@H](O)[C@H](C)[C@@H]([C@@H](C)CC)OC(=O)[C@@H](C)NC1=O. The highest BCUT2D eigenvalue weighted by Gasteiger charge is 2.37. The number of ether oxygens (including phenoxy) is 2. The molecule has 336 valence electrons. The fourth-order valence-corrected chi connectivity index (χ4v) is 6.90. The van der Waals surface area contributed by atoms with Gasteiger partial charge in [-0.3, -0.25) is 24.0 Å². The van der Waals surface area contributed by atoms with Crippen molar-refractivity contribution in [3.63, 3.8) is 0 Å². The Kier molecular flexibility index (Phi) is 20.7. The molecule has 0 spiro atoms. The van der Waals surface area contributed by atoms with E-state index in [2.05, 4.69) is 16.0 Å². The van der Waals surface area contributed by atoms with Crippen LogP contribution in [0.5, 0.6) is 0 Å². The predicted molar refractivity (Wildman–Crippen MR) is 228 cm³/mol. The number of rotatable bonds is 8. The molecule has 1 aliphatic rings. The molecule has 0 aromatic heterocycles. The van der Waals surface area contributed by atoms with E-state index in [1.54, 1.807) is 38.1 Å². The van der Waals surface area contributed by atoms with Gasteiger partial charge in [-0.05, 0) is 69.1 Å². The van der Waals surface area contributed by atoms with Crippen molar-refractivity contribution >= 4 is 53.1 Å². The van der Waals surface area contributed by atoms with Gasteiger partial charge >= 0.3 is 11.9 Å². The van der Waals surface area contributed by atoms with Crippen LogP contribution in [0, 0.1) is 23.7 Å². The maximum absolute atomic E-state index is 14.2. The van der Waals surface area contributed by atoms with Gasteiger partial charge in [0.2, 0.25) is 23.6 Å². The van der Waals surface area contributed by atoms with Gasteiger partial charge in [-0.15, -0.1) is 0 Å². The summed E-state index contributed by atoms with van der Waals surface area (Å²) in [4.78, 5) is 98.2. The normalized spacial score (nSPS) is 28.8. The highest BCUT2D eigenvalue weighted by Crippen LogP contribution is 2.26. The number of cyclic esters (lactones) is 2. The zero-order valence-corrected chi connectivity index (χ0v) is 38.1. The number of carbonyl (C=O) groups excluding carboxylic acids is 7. The number of aliphatic hydroxyl groups is 1. The van der Waals surface area contributed by atoms with Crippen LogP contribution in [0.15, 0.2) is 35.9 Å². The summed E-state index contributed by atoms with van der Waals surface area (Å²) in [6, 6.07) is 2.19. The second-order valence-corrected chi connectivity index (χ2v) is 17.2. The lowest BCUT2D eigenvalue weighted by molar-refractivity contribution is -0.161. The zero-order chi connectivity index (χ0) is 45.6. The van der Waals surface area contributed by atoms with Gasteiger partial charge in [0, 0.05) is 37.0 Å². The van der Waals surface area contributed by atoms with Gasteiger partial charge in [0.25, 0.3) is 5.91 Å². The summed E-state index contributed by atoms with van der Waals surface area (Å²) in [5.41, 5.74) is 0.801. The average Bonchev–Trinajstić information content (AvgIpc) is 3.20. The Labute approximate surface area is 360 Å². The molecule has 1 aliphatic heterocycles. The standard InChI is InChI=1S/C44H68ClN5O10/c1-13-25(5)37-40(54)47-30(10)44(58)60-38(26(6)14-2)28(8)34(51)20-15-27(7)43(57)59-35(21-24(3)4)39(53)46-29(9)41(55)50(12)33(22-31-16-18-32(45)19-17-31)42(56)49(11)23-36(52)48-37/h15-19,24-26,28-30,33-35,37-38,51H,13-14,20-23H2,1-12H3,(H,46,53)(H,47,54)(H,48,52)/b27-15+/t25?,26-,28-,29-,30+,33+,34-,35+,37?,38+/m0/s1. The molecule has 0 saturated heterocycles. The monoisotopic (exact) mass is 861 g/mol. The van der Waals surface area contributed by atoms with E-state index >= 15 is 0 Å². The minimum Gasteiger partial charge on any atom is -0.460 e. The predicted octanol–water partition coefficient (Wildman–Crippen LogP) is 3.97. The molecule has 1 aromatic rings. The van der Waals surface area contributed by atoms with Crippen LogP contribution in [0.1, 0.15) is 100 Å². The molecular weight excluding hydrogens is 794 g/mol. The van der Waals surface area contributed by atoms with E-state index in [0.717, 1.165) is 4.90 Å². The summed E-state index contributed by atoms with van der Waals surface area (Å²) < 4.78 is 11.6. The number of carbonyl (C=O) groups is 7. The van der Waals surface area contributed by atoms with E-state index in [9.17, 15) is 38.7 Å². The number of nitrogens with zero attached hydrogens (tertiary/aromatic N) is 2. The summed E-state index contributed by atoms with van der Waals surface area (Å²) >= 11 is 6.11. The topological polar surface area (TPSA) is 201 Å². The highest BCUT2D eigenvalue weighted by atomic mass is 35.5. The maximum atomic E-state index is 14.2. The fraction of sp³-hybridized carbons (Fsp3) is 0.659. The zero-order valence-electron chi connectivity index (χ0n) is 37.4. The number of likely N-dealkylation sites (N-methyl/N-ethyl adjacent to an activating group) is 2. The Balaban J connectivity index is 2.62. The van der Waals surface area contributed by atoms with Gasteiger partial charge < -0.3 is 40.3 Å². The lowest BCUT2D eigenvalue weighted by Crippen LogP contribution is -2.57. The Hall–Kier alpha value is -4.50. The van der Waals surface area contributed by atoms with Crippen LogP contribution in [0.3, 0.4) is 0 Å². The van der Waals surface area contributed by atoms with E-state index < -0.39 is 96.4 Å². The van der Waals surface area contributed by atoms with Crippen LogP contribution in [-0.2, 0) is 49.5 Å². The largest absolute Gasteiger partial charge is 0.460 e. The lowest BCUT2D eigenvalue weighted by atomic mass is 9.86. The summed E-state index contributed by atoms with van der Waals surface area (Å²) in [6.07, 6.45) is -0.318. The third kappa shape index (κ3) is 15.2. The van der Waals surface area contributed by atoms with Crippen LogP contribution < -0.4 is 16.0 Å². The van der Waals surface area contributed by atoms with Crippen LogP contribution >= 0.6 is 11.6 Å². The minimum atomic E-state index is -1.27. The van der Waals surface area contributed by atoms with Crippen LogP contribution in [-0.4, -0.2) is 120 Å². The fourth-order valence-electron chi connectivity index (χ4n) is 6.78. The van der Waals surface area contributed by atoms with E-state index in [4.69, 9.17) is 21.1 Å². The molecule has 0 saturated carbocycles. The first-order chi connectivity index (χ1) is 28.0. The van der Waals surface area contributed by atoms with Crippen molar-refractivity contribution in [1.29, 1.82) is 0 Å². The van der Waals surface area contributed by atoms with Crippen LogP contribution in [0.4, 0.5) is 0 Å². The van der Waals surface area contributed by atoms with Crippen LogP contribution in [0.25, 0.3) is 0 Å². The van der Waals surface area contributed by atoms with Gasteiger partial charge in [-0.1, -0.05) is 91.1 Å². The molecule has 4 N–H and O–H groups in total. The van der Waals surface area contributed by atoms with Crippen molar-refractivity contribution in [2.45, 2.75) is 144 Å². The molecule has 1 heterocycles. The number of hydrogen-bond acceptors (Lipinski definition) is 10. The molecule has 1 aromatic carbocycles. The number of aliphatic hydroxyl groups excluding tert-OH is 1. The Morgan fingerprint density at radius 2 is 1.40 bits per heavy atom. The third-order valence-corrected chi connectivity index (χ3v) is 11.5. The van der Waals surface area contributed by atoms with Gasteiger partial charge in [0.1, 0.15) is 30.3 Å². The average molecular weight is 863 g/mol. The van der Waals surface area contributed by atoms with Crippen molar-refractivity contribution < 1.29 is 48.1 Å². The number of nitrogens with one attached hydrogen (secondary N) is 3. The van der Waals surface area contributed by atoms with E-state index in [-0.39, 0.29) is 42.6 Å². The molecule has 15 nitrogen and oxygen atoms in total. The maximum Gasteiger partial charge on any atom is 0.334 e. The molecule has 0 bridgehead atoms. The first-order valence-corrected chi connectivity index (χ1v) is 21.3. The van der Waals surface area contributed by atoms with Crippen molar-refractivity contribution in [2.75, 3.05) is 20.6 Å². The van der Waals surface area contributed by atoms with Gasteiger partial charge in [0.15, 0.2) is 6.10 Å². The van der Waals surface area contributed by atoms with Crippen molar-refractivity contribution in [2.24, 2.45) is 23.7 Å². The quantitative estimate of drug-likeness (QED) is 0.278. The minimum absolute atomic E-state index is 0.000825.